The molecule has 0 fully saturated rings. The first-order valence-corrected chi connectivity index (χ1v) is 7.71. The highest BCUT2D eigenvalue weighted by Crippen LogP contribution is 2.19. The summed E-state index contributed by atoms with van der Waals surface area (Å²) >= 11 is 7.31. The molecule has 0 aliphatic carbocycles. The molecule has 106 valence electrons. The summed E-state index contributed by atoms with van der Waals surface area (Å²) in [6, 6.07) is 7.48. The van der Waals surface area contributed by atoms with E-state index in [0.29, 0.717) is 17.3 Å². The fraction of sp³-hybridized carbons (Fsp3) is 0.286. The number of benzene rings is 1. The van der Waals surface area contributed by atoms with Crippen LogP contribution in [0.5, 0.6) is 0 Å². The van der Waals surface area contributed by atoms with E-state index >= 15 is 0 Å². The lowest BCUT2D eigenvalue weighted by Crippen LogP contribution is -2.26. The Morgan fingerprint density at radius 1 is 1.35 bits per heavy atom. The smallest absolute Gasteiger partial charge is 0.230 e. The van der Waals surface area contributed by atoms with Crippen LogP contribution in [-0.4, -0.2) is 27.8 Å². The molecule has 0 atom stereocenters. The van der Waals surface area contributed by atoms with Crippen molar-refractivity contribution in [2.24, 2.45) is 0 Å². The topological polar surface area (TPSA) is 46.9 Å². The Kier molecular flexibility index (Phi) is 5.95. The van der Waals surface area contributed by atoms with Crippen molar-refractivity contribution in [3.63, 3.8) is 0 Å². The summed E-state index contributed by atoms with van der Waals surface area (Å²) in [7, 11) is 0. The van der Waals surface area contributed by atoms with Crippen LogP contribution in [0.3, 0.4) is 0 Å². The van der Waals surface area contributed by atoms with Crippen molar-refractivity contribution in [2.75, 3.05) is 12.3 Å². The third-order valence-corrected chi connectivity index (χ3v) is 3.92. The zero-order valence-electron chi connectivity index (χ0n) is 11.0. The van der Waals surface area contributed by atoms with E-state index in [0.717, 1.165) is 17.9 Å². The number of rotatable bonds is 7. The summed E-state index contributed by atoms with van der Waals surface area (Å²) in [5.74, 6) is 0.475. The molecule has 0 spiro atoms. The average Bonchev–Trinajstić information content (AvgIpc) is 2.96. The van der Waals surface area contributed by atoms with Gasteiger partial charge in [-0.25, -0.2) is 4.98 Å². The van der Waals surface area contributed by atoms with Gasteiger partial charge in [0.25, 0.3) is 0 Å². The summed E-state index contributed by atoms with van der Waals surface area (Å²) in [6.45, 7) is 1.54. The SMILES string of the molecule is O=C(CSc1ccc(Cl)cc1)NCCCn1ccnc1. The number of carbonyl (C=O) groups excluding carboxylic acids is 1. The third-order valence-electron chi connectivity index (χ3n) is 2.66. The lowest BCUT2D eigenvalue weighted by molar-refractivity contribution is -0.118. The van der Waals surface area contributed by atoms with Crippen LogP contribution < -0.4 is 5.32 Å². The molecule has 1 aromatic heterocycles. The first kappa shape index (κ1) is 14.9. The molecular formula is C14H16ClN3OS. The van der Waals surface area contributed by atoms with Gasteiger partial charge in [0.1, 0.15) is 0 Å². The van der Waals surface area contributed by atoms with Gasteiger partial charge in [-0.05, 0) is 30.7 Å². The summed E-state index contributed by atoms with van der Waals surface area (Å²) < 4.78 is 1.99. The standard InChI is InChI=1S/C14H16ClN3OS/c15-12-2-4-13(5-3-12)20-10-14(19)17-6-1-8-18-9-7-16-11-18/h2-5,7,9,11H,1,6,8,10H2,(H,17,19). The quantitative estimate of drug-likeness (QED) is 0.632. The summed E-state index contributed by atoms with van der Waals surface area (Å²) in [5.41, 5.74) is 0. The number of aryl methyl sites for hydroxylation is 1. The summed E-state index contributed by atoms with van der Waals surface area (Å²) in [5, 5.41) is 3.61. The highest BCUT2D eigenvalue weighted by molar-refractivity contribution is 8.00. The number of hydrogen-bond donors (Lipinski definition) is 1. The lowest BCUT2D eigenvalue weighted by Gasteiger charge is -2.06. The van der Waals surface area contributed by atoms with E-state index in [4.69, 9.17) is 11.6 Å². The first-order chi connectivity index (χ1) is 9.74. The molecule has 1 heterocycles. The van der Waals surface area contributed by atoms with Crippen LogP contribution >= 0.6 is 23.4 Å². The molecular weight excluding hydrogens is 294 g/mol. The zero-order valence-corrected chi connectivity index (χ0v) is 12.5. The Hall–Kier alpha value is -1.46. The van der Waals surface area contributed by atoms with Gasteiger partial charge < -0.3 is 9.88 Å². The van der Waals surface area contributed by atoms with E-state index in [1.165, 1.54) is 11.8 Å². The molecule has 0 radical (unpaired) electrons. The molecule has 0 aliphatic rings. The molecule has 6 heteroatoms. The highest BCUT2D eigenvalue weighted by atomic mass is 35.5. The average molecular weight is 310 g/mol. The number of thioether (sulfide) groups is 1. The molecule has 0 bridgehead atoms. The second-order valence-corrected chi connectivity index (χ2v) is 5.73. The van der Waals surface area contributed by atoms with Crippen LogP contribution in [0, 0.1) is 0 Å². The number of aromatic nitrogens is 2. The number of nitrogens with one attached hydrogen (secondary N) is 1. The highest BCUT2D eigenvalue weighted by Gasteiger charge is 2.02. The van der Waals surface area contributed by atoms with Crippen LogP contribution in [0.4, 0.5) is 0 Å². The Bertz CT molecular complexity index is 528. The molecule has 2 aromatic rings. The maximum absolute atomic E-state index is 11.7. The van der Waals surface area contributed by atoms with Gasteiger partial charge in [-0.1, -0.05) is 11.6 Å². The Morgan fingerprint density at radius 2 is 2.15 bits per heavy atom. The van der Waals surface area contributed by atoms with E-state index < -0.39 is 0 Å². The number of amides is 1. The normalized spacial score (nSPS) is 10.4. The minimum atomic E-state index is 0.0515. The van der Waals surface area contributed by atoms with Crippen molar-refractivity contribution in [3.8, 4) is 0 Å². The van der Waals surface area contributed by atoms with Crippen molar-refractivity contribution in [1.29, 1.82) is 0 Å². The molecule has 1 amide bonds. The minimum absolute atomic E-state index is 0.0515. The van der Waals surface area contributed by atoms with Gasteiger partial charge in [0.15, 0.2) is 0 Å². The van der Waals surface area contributed by atoms with Gasteiger partial charge in [0.05, 0.1) is 12.1 Å². The first-order valence-electron chi connectivity index (χ1n) is 6.35. The van der Waals surface area contributed by atoms with Gasteiger partial charge in [0.2, 0.25) is 5.91 Å². The molecule has 2 rings (SSSR count). The molecule has 1 N–H and O–H groups in total. The third kappa shape index (κ3) is 5.27. The number of imidazole rings is 1. The van der Waals surface area contributed by atoms with E-state index in [-0.39, 0.29) is 5.91 Å². The van der Waals surface area contributed by atoms with Crippen LogP contribution in [0.15, 0.2) is 47.9 Å². The van der Waals surface area contributed by atoms with E-state index in [1.54, 1.807) is 12.5 Å². The van der Waals surface area contributed by atoms with Crippen molar-refractivity contribution in [1.82, 2.24) is 14.9 Å². The lowest BCUT2D eigenvalue weighted by atomic mass is 10.4. The predicted octanol–water partition coefficient (Wildman–Crippen LogP) is 2.84. The minimum Gasteiger partial charge on any atom is -0.355 e. The van der Waals surface area contributed by atoms with Crippen LogP contribution in [0.2, 0.25) is 5.02 Å². The Balaban J connectivity index is 1.59. The number of hydrogen-bond acceptors (Lipinski definition) is 3. The van der Waals surface area contributed by atoms with Gasteiger partial charge >= 0.3 is 0 Å². The maximum Gasteiger partial charge on any atom is 0.230 e. The molecule has 20 heavy (non-hydrogen) atoms. The summed E-state index contributed by atoms with van der Waals surface area (Å²) in [4.78, 5) is 16.7. The Morgan fingerprint density at radius 3 is 2.85 bits per heavy atom. The number of halogens is 1. The fourth-order valence-corrected chi connectivity index (χ4v) is 2.49. The Labute approximate surface area is 127 Å². The van der Waals surface area contributed by atoms with Crippen LogP contribution in [-0.2, 0) is 11.3 Å². The van der Waals surface area contributed by atoms with Crippen LogP contribution in [0.1, 0.15) is 6.42 Å². The summed E-state index contributed by atoms with van der Waals surface area (Å²) in [6.07, 6.45) is 6.34. The van der Waals surface area contributed by atoms with Crippen molar-refractivity contribution in [2.45, 2.75) is 17.9 Å². The zero-order chi connectivity index (χ0) is 14.2. The van der Waals surface area contributed by atoms with Crippen molar-refractivity contribution in [3.05, 3.63) is 48.0 Å². The van der Waals surface area contributed by atoms with Crippen molar-refractivity contribution < 1.29 is 4.79 Å². The van der Waals surface area contributed by atoms with Crippen molar-refractivity contribution >= 4 is 29.3 Å². The molecule has 0 aliphatic heterocycles. The van der Waals surface area contributed by atoms with E-state index in [9.17, 15) is 4.79 Å². The second kappa shape index (κ2) is 7.97. The van der Waals surface area contributed by atoms with E-state index in [1.807, 2.05) is 35.0 Å². The predicted molar refractivity (Wildman–Crippen MR) is 82.0 cm³/mol. The fourth-order valence-electron chi connectivity index (χ4n) is 1.64. The molecule has 0 unspecified atom stereocenters. The molecule has 4 nitrogen and oxygen atoms in total. The van der Waals surface area contributed by atoms with E-state index in [2.05, 4.69) is 10.3 Å². The largest absolute Gasteiger partial charge is 0.355 e. The monoisotopic (exact) mass is 309 g/mol. The molecule has 1 aromatic carbocycles. The maximum atomic E-state index is 11.7. The van der Waals surface area contributed by atoms with Gasteiger partial charge in [0, 0.05) is 35.4 Å². The second-order valence-electron chi connectivity index (χ2n) is 4.25. The molecule has 0 saturated heterocycles. The molecule has 0 saturated carbocycles. The number of carbonyl (C=O) groups is 1. The van der Waals surface area contributed by atoms with Gasteiger partial charge in [-0.2, -0.15) is 0 Å². The van der Waals surface area contributed by atoms with Crippen LogP contribution in [0.25, 0.3) is 0 Å². The van der Waals surface area contributed by atoms with Gasteiger partial charge in [-0.3, -0.25) is 4.79 Å². The number of nitrogens with zero attached hydrogens (tertiary/aromatic N) is 2. The van der Waals surface area contributed by atoms with Gasteiger partial charge in [-0.15, -0.1) is 11.8 Å².